The maximum atomic E-state index is 13.4. The Labute approximate surface area is 233 Å². The number of piperidine rings is 1. The summed E-state index contributed by atoms with van der Waals surface area (Å²) < 4.78 is 21.8. The summed E-state index contributed by atoms with van der Waals surface area (Å²) in [5.74, 6) is -1.97. The van der Waals surface area contributed by atoms with Crippen LogP contribution in [0.3, 0.4) is 0 Å². The molecule has 1 atom stereocenters. The fraction of sp³-hybridized carbons (Fsp3) is 0.630. The van der Waals surface area contributed by atoms with E-state index in [1.54, 1.807) is 12.1 Å². The van der Waals surface area contributed by atoms with Crippen molar-refractivity contribution in [2.45, 2.75) is 18.9 Å². The van der Waals surface area contributed by atoms with Gasteiger partial charge in [-0.25, -0.2) is 0 Å². The molecule has 2 saturated heterocycles. The van der Waals surface area contributed by atoms with E-state index in [1.807, 2.05) is 6.07 Å². The minimum atomic E-state index is -0.972. The van der Waals surface area contributed by atoms with Crippen LogP contribution in [-0.4, -0.2) is 132 Å². The molecular weight excluding hydrogens is 522 g/mol. The first-order valence-corrected chi connectivity index (χ1v) is 13.8. The molecule has 0 aromatic heterocycles. The molecule has 0 spiro atoms. The van der Waals surface area contributed by atoms with Gasteiger partial charge in [0.2, 0.25) is 11.8 Å². The maximum absolute atomic E-state index is 13.4. The van der Waals surface area contributed by atoms with Gasteiger partial charge < -0.3 is 29.6 Å². The van der Waals surface area contributed by atoms with Gasteiger partial charge in [-0.1, -0.05) is 6.07 Å². The topological polar surface area (TPSA) is 153 Å². The number of carbonyl (C=O) groups is 4. The third-order valence-electron chi connectivity index (χ3n) is 7.09. The molecule has 4 rings (SSSR count). The van der Waals surface area contributed by atoms with Crippen molar-refractivity contribution in [3.8, 4) is 0 Å². The lowest BCUT2D eigenvalue weighted by molar-refractivity contribution is -0.136. The molecule has 40 heavy (non-hydrogen) atoms. The second kappa shape index (κ2) is 15.2. The summed E-state index contributed by atoms with van der Waals surface area (Å²) in [7, 11) is 0. The summed E-state index contributed by atoms with van der Waals surface area (Å²) in [6.07, 6.45) is 0.231. The second-order valence-corrected chi connectivity index (χ2v) is 9.71. The Kier molecular flexibility index (Phi) is 11.4. The van der Waals surface area contributed by atoms with E-state index < -0.39 is 29.7 Å². The molecule has 2 fully saturated rings. The highest BCUT2D eigenvalue weighted by Gasteiger charge is 2.46. The summed E-state index contributed by atoms with van der Waals surface area (Å²) in [5, 5.41) is 2.23. The predicted molar refractivity (Wildman–Crippen MR) is 144 cm³/mol. The van der Waals surface area contributed by atoms with Crippen molar-refractivity contribution in [1.29, 1.82) is 0 Å². The molecule has 13 nitrogen and oxygen atoms in total. The summed E-state index contributed by atoms with van der Waals surface area (Å²) in [5.41, 5.74) is 6.68. The van der Waals surface area contributed by atoms with Crippen molar-refractivity contribution >= 4 is 29.3 Å². The highest BCUT2D eigenvalue weighted by atomic mass is 16.6. The third-order valence-corrected chi connectivity index (χ3v) is 7.09. The number of nitrogens with zero attached hydrogens (tertiary/aromatic N) is 3. The molecule has 0 aliphatic carbocycles. The fourth-order valence-electron chi connectivity index (χ4n) is 5.01. The molecule has 3 aliphatic heterocycles. The summed E-state index contributed by atoms with van der Waals surface area (Å²) in [4.78, 5) is 55.8. The number of hydrogen-bond acceptors (Lipinski definition) is 11. The van der Waals surface area contributed by atoms with Gasteiger partial charge in [-0.3, -0.25) is 34.3 Å². The molecule has 3 N–H and O–H groups in total. The van der Waals surface area contributed by atoms with Crippen LogP contribution in [0.2, 0.25) is 0 Å². The number of nitrogens with two attached hydrogens (primary N) is 1. The van der Waals surface area contributed by atoms with Gasteiger partial charge in [0.05, 0.1) is 69.7 Å². The van der Waals surface area contributed by atoms with E-state index >= 15 is 0 Å². The van der Waals surface area contributed by atoms with Crippen LogP contribution in [0, 0.1) is 0 Å². The summed E-state index contributed by atoms with van der Waals surface area (Å²) >= 11 is 0. The number of benzene rings is 1. The van der Waals surface area contributed by atoms with Crippen molar-refractivity contribution in [3.63, 3.8) is 0 Å². The Balaban J connectivity index is 1.15. The van der Waals surface area contributed by atoms with Crippen molar-refractivity contribution < 1.29 is 38.1 Å². The minimum Gasteiger partial charge on any atom is -0.378 e. The zero-order chi connectivity index (χ0) is 28.3. The fourth-order valence-corrected chi connectivity index (χ4v) is 5.01. The van der Waals surface area contributed by atoms with Gasteiger partial charge in [0, 0.05) is 45.7 Å². The molecule has 3 heterocycles. The number of imide groups is 2. The van der Waals surface area contributed by atoms with E-state index in [4.69, 9.17) is 24.7 Å². The highest BCUT2D eigenvalue weighted by molar-refractivity contribution is 6.25. The van der Waals surface area contributed by atoms with Crippen molar-refractivity contribution in [1.82, 2.24) is 15.1 Å². The van der Waals surface area contributed by atoms with Gasteiger partial charge in [-0.2, -0.15) is 0 Å². The van der Waals surface area contributed by atoms with Crippen LogP contribution in [-0.2, 0) is 28.5 Å². The number of hydrogen-bond donors (Lipinski definition) is 2. The molecule has 13 heteroatoms. The number of carbonyl (C=O) groups excluding carboxylic acids is 4. The molecule has 0 saturated carbocycles. The quantitative estimate of drug-likeness (QED) is 0.193. The van der Waals surface area contributed by atoms with E-state index in [-0.39, 0.29) is 12.8 Å². The zero-order valence-electron chi connectivity index (χ0n) is 22.8. The van der Waals surface area contributed by atoms with Crippen molar-refractivity contribution in [3.05, 3.63) is 29.3 Å². The van der Waals surface area contributed by atoms with Crippen LogP contribution < -0.4 is 16.0 Å². The average molecular weight is 562 g/mol. The molecule has 0 radical (unpaired) electrons. The largest absolute Gasteiger partial charge is 0.378 e. The Morgan fingerprint density at radius 1 is 0.800 bits per heavy atom. The monoisotopic (exact) mass is 561 g/mol. The normalized spacial score (nSPS) is 19.9. The molecule has 1 unspecified atom stereocenters. The minimum absolute atomic E-state index is 0.0940. The standard InChI is InChI=1S/C27H39N5O8/c28-6-12-37-14-16-39-18-19-40-17-15-38-13-11-30-7-9-31(10-8-30)21-3-1-2-20-24(21)27(36)32(26(20)35)22-4-5-23(33)29-25(22)34/h1-3,22H,4-19,28H2,(H,29,33,34). The van der Waals surface area contributed by atoms with Crippen LogP contribution in [0.5, 0.6) is 0 Å². The SMILES string of the molecule is NCCOCCOCCOCCOCCN1CCN(c2cccc3c2C(=O)N(C2CCC(=O)NC2=O)C3=O)CC1. The van der Waals surface area contributed by atoms with Crippen LogP contribution in [0.25, 0.3) is 0 Å². The number of piperazine rings is 1. The lowest BCUT2D eigenvalue weighted by atomic mass is 10.0. The van der Waals surface area contributed by atoms with Crippen molar-refractivity contribution in [2.75, 3.05) is 97.0 Å². The highest BCUT2D eigenvalue weighted by Crippen LogP contribution is 2.34. The first-order chi connectivity index (χ1) is 19.5. The summed E-state index contributed by atoms with van der Waals surface area (Å²) in [6, 6.07) is 4.26. The number of ether oxygens (including phenoxy) is 4. The molecule has 1 aromatic carbocycles. The van der Waals surface area contributed by atoms with Gasteiger partial charge in [0.1, 0.15) is 6.04 Å². The van der Waals surface area contributed by atoms with E-state index in [9.17, 15) is 19.2 Å². The number of nitrogens with one attached hydrogen (secondary N) is 1. The lowest BCUT2D eigenvalue weighted by Gasteiger charge is -2.36. The predicted octanol–water partition coefficient (Wildman–Crippen LogP) is -0.765. The average Bonchev–Trinajstić information content (AvgIpc) is 3.21. The Hall–Kier alpha value is -2.94. The Bertz CT molecular complexity index is 1050. The van der Waals surface area contributed by atoms with Gasteiger partial charge in [0.15, 0.2) is 0 Å². The molecular formula is C27H39N5O8. The Morgan fingerprint density at radius 3 is 2.05 bits per heavy atom. The molecule has 1 aromatic rings. The van der Waals surface area contributed by atoms with Gasteiger partial charge in [-0.15, -0.1) is 0 Å². The van der Waals surface area contributed by atoms with Crippen LogP contribution in [0.4, 0.5) is 5.69 Å². The zero-order valence-corrected chi connectivity index (χ0v) is 22.8. The first kappa shape index (κ1) is 30.0. The lowest BCUT2D eigenvalue weighted by Crippen LogP contribution is -2.54. The van der Waals surface area contributed by atoms with Gasteiger partial charge >= 0.3 is 0 Å². The first-order valence-electron chi connectivity index (χ1n) is 13.8. The van der Waals surface area contributed by atoms with E-state index in [2.05, 4.69) is 15.1 Å². The molecule has 0 bridgehead atoms. The van der Waals surface area contributed by atoms with Gasteiger partial charge in [0.25, 0.3) is 11.8 Å². The number of rotatable bonds is 16. The molecule has 4 amide bonds. The van der Waals surface area contributed by atoms with E-state index in [0.717, 1.165) is 24.5 Å². The number of anilines is 1. The maximum Gasteiger partial charge on any atom is 0.264 e. The Morgan fingerprint density at radius 2 is 1.43 bits per heavy atom. The number of fused-ring (bicyclic) bond motifs is 1. The van der Waals surface area contributed by atoms with Crippen LogP contribution in [0.15, 0.2) is 18.2 Å². The van der Waals surface area contributed by atoms with Crippen molar-refractivity contribution in [2.24, 2.45) is 5.73 Å². The van der Waals surface area contributed by atoms with Gasteiger partial charge in [-0.05, 0) is 18.6 Å². The molecule has 220 valence electrons. The molecule has 3 aliphatic rings. The van der Waals surface area contributed by atoms with E-state index in [1.165, 1.54) is 0 Å². The second-order valence-electron chi connectivity index (χ2n) is 9.71. The number of amides is 4. The summed E-state index contributed by atoms with van der Waals surface area (Å²) in [6.45, 7) is 8.46. The van der Waals surface area contributed by atoms with Crippen LogP contribution >= 0.6 is 0 Å². The smallest absolute Gasteiger partial charge is 0.264 e. The third kappa shape index (κ3) is 7.62. The van der Waals surface area contributed by atoms with E-state index in [0.29, 0.717) is 89.3 Å². The van der Waals surface area contributed by atoms with Crippen LogP contribution in [0.1, 0.15) is 33.6 Å².